The lowest BCUT2D eigenvalue weighted by Crippen LogP contribution is -2.42. The number of hydrazine groups is 1. The van der Waals surface area contributed by atoms with Gasteiger partial charge in [0.15, 0.2) is 5.69 Å². The summed E-state index contributed by atoms with van der Waals surface area (Å²) in [5, 5.41) is 7.95. The lowest BCUT2D eigenvalue weighted by molar-refractivity contribution is -0.121. The second kappa shape index (κ2) is 6.90. The van der Waals surface area contributed by atoms with Crippen molar-refractivity contribution < 1.29 is 14.0 Å². The Morgan fingerprint density at radius 3 is 2.85 bits per heavy atom. The van der Waals surface area contributed by atoms with Gasteiger partial charge in [-0.05, 0) is 50.7 Å². The first kappa shape index (κ1) is 17.3. The molecule has 0 saturated carbocycles. The van der Waals surface area contributed by atoms with Crippen molar-refractivity contribution in [1.29, 1.82) is 0 Å². The highest BCUT2D eigenvalue weighted by molar-refractivity contribution is 5.96. The minimum atomic E-state index is -0.397. The molecule has 0 fully saturated rings. The van der Waals surface area contributed by atoms with E-state index in [1.165, 1.54) is 0 Å². The maximum atomic E-state index is 12.4. The highest BCUT2D eigenvalue weighted by atomic mass is 16.3. The molecule has 140 valence electrons. The first-order valence-electron chi connectivity index (χ1n) is 9.16. The molecule has 0 atom stereocenters. The van der Waals surface area contributed by atoms with Gasteiger partial charge in [0.25, 0.3) is 5.91 Å². The first-order valence-corrected chi connectivity index (χ1v) is 9.16. The number of carbonyl (C=O) groups is 2. The van der Waals surface area contributed by atoms with Crippen LogP contribution in [0.25, 0.3) is 11.0 Å². The van der Waals surface area contributed by atoms with Crippen LogP contribution in [0.5, 0.6) is 0 Å². The van der Waals surface area contributed by atoms with Crippen molar-refractivity contribution in [2.45, 2.75) is 46.0 Å². The van der Waals surface area contributed by atoms with Gasteiger partial charge in [-0.1, -0.05) is 12.1 Å². The SMILES string of the molecule is Cc1ccc2c(CC(=O)NNC(=O)c3n[nH]c4c3CCCC4)coc2c1C. The van der Waals surface area contributed by atoms with E-state index in [1.807, 2.05) is 26.0 Å². The van der Waals surface area contributed by atoms with E-state index in [4.69, 9.17) is 4.42 Å². The van der Waals surface area contributed by atoms with E-state index in [9.17, 15) is 9.59 Å². The van der Waals surface area contributed by atoms with Crippen LogP contribution in [0.4, 0.5) is 0 Å². The van der Waals surface area contributed by atoms with Crippen molar-refractivity contribution in [1.82, 2.24) is 21.0 Å². The zero-order chi connectivity index (χ0) is 19.0. The maximum absolute atomic E-state index is 12.4. The summed E-state index contributed by atoms with van der Waals surface area (Å²) in [5.41, 5.74) is 11.1. The van der Waals surface area contributed by atoms with Crippen LogP contribution in [0.15, 0.2) is 22.8 Å². The molecule has 0 aliphatic heterocycles. The Labute approximate surface area is 156 Å². The molecule has 0 spiro atoms. The van der Waals surface area contributed by atoms with Gasteiger partial charge in [-0.3, -0.25) is 25.5 Å². The van der Waals surface area contributed by atoms with Crippen molar-refractivity contribution in [3.8, 4) is 0 Å². The summed E-state index contributed by atoms with van der Waals surface area (Å²) in [6.45, 7) is 4.02. The molecule has 1 aliphatic carbocycles. The van der Waals surface area contributed by atoms with Gasteiger partial charge < -0.3 is 4.42 Å². The third-order valence-corrected chi connectivity index (χ3v) is 5.28. The van der Waals surface area contributed by atoms with Crippen molar-refractivity contribution in [2.75, 3.05) is 0 Å². The minimum absolute atomic E-state index is 0.119. The summed E-state index contributed by atoms with van der Waals surface area (Å²) in [7, 11) is 0. The van der Waals surface area contributed by atoms with Crippen LogP contribution < -0.4 is 10.9 Å². The number of aromatic nitrogens is 2. The molecule has 7 heteroatoms. The number of hydrogen-bond acceptors (Lipinski definition) is 4. The largest absolute Gasteiger partial charge is 0.464 e. The number of carbonyl (C=O) groups excluding carboxylic acids is 2. The van der Waals surface area contributed by atoms with Crippen LogP contribution in [-0.4, -0.2) is 22.0 Å². The molecule has 7 nitrogen and oxygen atoms in total. The summed E-state index contributed by atoms with van der Waals surface area (Å²) < 4.78 is 5.63. The molecule has 3 N–H and O–H groups in total. The van der Waals surface area contributed by atoms with Crippen LogP contribution >= 0.6 is 0 Å². The molecular weight excluding hydrogens is 344 g/mol. The minimum Gasteiger partial charge on any atom is -0.464 e. The second-order valence-electron chi connectivity index (χ2n) is 7.06. The average molecular weight is 366 g/mol. The highest BCUT2D eigenvalue weighted by Crippen LogP contribution is 2.26. The zero-order valence-corrected chi connectivity index (χ0v) is 15.4. The number of amides is 2. The summed E-state index contributed by atoms with van der Waals surface area (Å²) in [6, 6.07) is 3.97. The number of hydrogen-bond donors (Lipinski definition) is 3. The predicted molar refractivity (Wildman–Crippen MR) is 100 cm³/mol. The summed E-state index contributed by atoms with van der Waals surface area (Å²) in [5.74, 6) is -0.708. The molecule has 0 saturated heterocycles. The normalized spacial score (nSPS) is 13.4. The lowest BCUT2D eigenvalue weighted by Gasteiger charge is -2.11. The molecule has 4 rings (SSSR count). The molecule has 2 amide bonds. The van der Waals surface area contributed by atoms with Gasteiger partial charge >= 0.3 is 0 Å². The molecule has 1 aliphatic rings. The monoisotopic (exact) mass is 366 g/mol. The summed E-state index contributed by atoms with van der Waals surface area (Å²) in [4.78, 5) is 24.6. The molecule has 0 bridgehead atoms. The maximum Gasteiger partial charge on any atom is 0.290 e. The number of aryl methyl sites for hydroxylation is 3. The third-order valence-electron chi connectivity index (χ3n) is 5.28. The van der Waals surface area contributed by atoms with Crippen molar-refractivity contribution in [3.63, 3.8) is 0 Å². The van der Waals surface area contributed by atoms with Crippen LogP contribution in [0.2, 0.25) is 0 Å². The number of H-pyrrole nitrogens is 1. The fourth-order valence-electron chi connectivity index (χ4n) is 3.60. The van der Waals surface area contributed by atoms with Gasteiger partial charge in [-0.15, -0.1) is 0 Å². The fraction of sp³-hybridized carbons (Fsp3) is 0.350. The van der Waals surface area contributed by atoms with Crippen LogP contribution in [0.1, 0.15) is 51.3 Å². The van der Waals surface area contributed by atoms with E-state index in [0.717, 1.165) is 64.6 Å². The van der Waals surface area contributed by atoms with Gasteiger partial charge in [0.1, 0.15) is 5.58 Å². The fourth-order valence-corrected chi connectivity index (χ4v) is 3.60. The number of rotatable bonds is 3. The summed E-state index contributed by atoms with van der Waals surface area (Å²) >= 11 is 0. The lowest BCUT2D eigenvalue weighted by atomic mass is 9.96. The standard InChI is InChI=1S/C20H22N4O3/c1-11-7-8-14-13(10-27-19(14)12(11)2)9-17(25)22-24-20(26)18-15-5-3-4-6-16(15)21-23-18/h7-8,10H,3-6,9H2,1-2H3,(H,21,23)(H,22,25)(H,24,26). The number of fused-ring (bicyclic) bond motifs is 2. The Kier molecular flexibility index (Phi) is 4.43. The molecule has 2 heterocycles. The molecule has 1 aromatic carbocycles. The number of furan rings is 1. The first-order chi connectivity index (χ1) is 13.0. The number of nitrogens with one attached hydrogen (secondary N) is 3. The molecule has 0 radical (unpaired) electrons. The van der Waals surface area contributed by atoms with E-state index in [1.54, 1.807) is 6.26 Å². The van der Waals surface area contributed by atoms with E-state index in [0.29, 0.717) is 5.69 Å². The average Bonchev–Trinajstić information content (AvgIpc) is 3.27. The van der Waals surface area contributed by atoms with E-state index in [2.05, 4.69) is 21.0 Å². The van der Waals surface area contributed by atoms with Crippen molar-refractivity contribution >= 4 is 22.8 Å². The predicted octanol–water partition coefficient (Wildman–Crippen LogP) is 2.66. The molecule has 27 heavy (non-hydrogen) atoms. The number of aromatic amines is 1. The Morgan fingerprint density at radius 1 is 1.19 bits per heavy atom. The van der Waals surface area contributed by atoms with Gasteiger partial charge in [0, 0.05) is 22.2 Å². The number of benzene rings is 1. The molecule has 2 aromatic heterocycles. The molecule has 3 aromatic rings. The van der Waals surface area contributed by atoms with Crippen LogP contribution in [0, 0.1) is 13.8 Å². The van der Waals surface area contributed by atoms with Gasteiger partial charge in [-0.2, -0.15) is 5.10 Å². The topological polar surface area (TPSA) is 100 Å². The van der Waals surface area contributed by atoms with Crippen LogP contribution in [0.3, 0.4) is 0 Å². The van der Waals surface area contributed by atoms with Crippen LogP contribution in [-0.2, 0) is 24.1 Å². The van der Waals surface area contributed by atoms with Gasteiger partial charge in [0.2, 0.25) is 5.91 Å². The highest BCUT2D eigenvalue weighted by Gasteiger charge is 2.22. The van der Waals surface area contributed by atoms with Gasteiger partial charge in [-0.25, -0.2) is 0 Å². The Bertz CT molecular complexity index is 1030. The molecular formula is C20H22N4O3. The van der Waals surface area contributed by atoms with Crippen molar-refractivity contribution in [2.24, 2.45) is 0 Å². The van der Waals surface area contributed by atoms with E-state index in [-0.39, 0.29) is 12.3 Å². The van der Waals surface area contributed by atoms with Gasteiger partial charge in [0.05, 0.1) is 12.7 Å². The van der Waals surface area contributed by atoms with Crippen molar-refractivity contribution in [3.05, 3.63) is 52.0 Å². The number of nitrogens with zero attached hydrogens (tertiary/aromatic N) is 1. The summed E-state index contributed by atoms with van der Waals surface area (Å²) in [6.07, 6.45) is 5.62. The Hall–Kier alpha value is -3.09. The third kappa shape index (κ3) is 3.20. The quantitative estimate of drug-likeness (QED) is 0.621. The smallest absolute Gasteiger partial charge is 0.290 e. The van der Waals surface area contributed by atoms with E-state index < -0.39 is 5.91 Å². The zero-order valence-electron chi connectivity index (χ0n) is 15.4. The molecule has 0 unspecified atom stereocenters. The second-order valence-corrected chi connectivity index (χ2v) is 7.06. The Balaban J connectivity index is 1.41. The Morgan fingerprint density at radius 2 is 2.00 bits per heavy atom. The van der Waals surface area contributed by atoms with E-state index >= 15 is 0 Å².